The standard InChI is InChI=1S/C34H68O6Si/c1-8-15-20-24-31-38-41(14-7,39-32-25-21-16-9-2)40-33(13-6)26-22-23-27-34(35-28-17-10-3,36-29-18-11-4)37-30-19-12-5/h13-14,33H,6-12,15-32H2,1-5H3. The Morgan fingerprint density at radius 1 is 0.561 bits per heavy atom. The number of hydrogen-bond acceptors (Lipinski definition) is 6. The van der Waals surface area contributed by atoms with Crippen molar-refractivity contribution in [2.24, 2.45) is 0 Å². The normalized spacial score (nSPS) is 13.0. The Balaban J connectivity index is 5.24. The third-order valence-electron chi connectivity index (χ3n) is 7.11. The molecule has 0 aliphatic rings. The molecule has 7 heteroatoms. The van der Waals surface area contributed by atoms with E-state index >= 15 is 0 Å². The van der Waals surface area contributed by atoms with Crippen LogP contribution < -0.4 is 0 Å². The molecular weight excluding hydrogens is 532 g/mol. The molecule has 41 heavy (non-hydrogen) atoms. The fourth-order valence-corrected chi connectivity index (χ4v) is 6.39. The Hall–Kier alpha value is -0.543. The van der Waals surface area contributed by atoms with Crippen LogP contribution in [0.4, 0.5) is 0 Å². The summed E-state index contributed by atoms with van der Waals surface area (Å²) in [5.41, 5.74) is 1.80. The molecule has 0 aromatic carbocycles. The number of hydrogen-bond donors (Lipinski definition) is 0. The third-order valence-corrected chi connectivity index (χ3v) is 9.46. The number of ether oxygens (including phenoxy) is 3. The second kappa shape index (κ2) is 28.2. The lowest BCUT2D eigenvalue weighted by molar-refractivity contribution is -0.384. The second-order valence-electron chi connectivity index (χ2n) is 11.1. The van der Waals surface area contributed by atoms with Gasteiger partial charge in [-0.05, 0) is 50.6 Å². The van der Waals surface area contributed by atoms with Gasteiger partial charge in [0.05, 0.1) is 25.9 Å². The number of rotatable bonds is 33. The first-order valence-electron chi connectivity index (χ1n) is 17.1. The summed E-state index contributed by atoms with van der Waals surface area (Å²) in [7, 11) is -3.02. The highest BCUT2D eigenvalue weighted by molar-refractivity contribution is 6.66. The van der Waals surface area contributed by atoms with E-state index in [1.807, 2.05) is 6.08 Å². The summed E-state index contributed by atoms with van der Waals surface area (Å²) in [6.07, 6.45) is 20.4. The van der Waals surface area contributed by atoms with Gasteiger partial charge in [0, 0.05) is 19.6 Å². The van der Waals surface area contributed by atoms with E-state index in [2.05, 4.69) is 47.8 Å². The zero-order valence-electron chi connectivity index (χ0n) is 27.9. The molecule has 0 heterocycles. The molecule has 1 atom stereocenters. The largest absolute Gasteiger partial charge is 0.529 e. The lowest BCUT2D eigenvalue weighted by Crippen LogP contribution is -2.47. The Kier molecular flexibility index (Phi) is 27.9. The van der Waals surface area contributed by atoms with Gasteiger partial charge in [0.2, 0.25) is 0 Å². The van der Waals surface area contributed by atoms with Crippen LogP contribution in [0.2, 0.25) is 0 Å². The highest BCUT2D eigenvalue weighted by atomic mass is 28.4. The maximum absolute atomic E-state index is 6.58. The summed E-state index contributed by atoms with van der Waals surface area (Å²) in [5.74, 6) is -0.965. The molecule has 0 aromatic heterocycles. The van der Waals surface area contributed by atoms with Gasteiger partial charge in [-0.25, -0.2) is 0 Å². The Morgan fingerprint density at radius 2 is 1.02 bits per heavy atom. The highest BCUT2D eigenvalue weighted by Gasteiger charge is 2.40. The maximum atomic E-state index is 6.58. The van der Waals surface area contributed by atoms with Crippen LogP contribution in [-0.4, -0.2) is 53.9 Å². The van der Waals surface area contributed by atoms with Crippen molar-refractivity contribution < 1.29 is 27.5 Å². The van der Waals surface area contributed by atoms with Crippen molar-refractivity contribution in [1.82, 2.24) is 0 Å². The van der Waals surface area contributed by atoms with Crippen molar-refractivity contribution >= 4 is 8.80 Å². The summed E-state index contributed by atoms with van der Waals surface area (Å²) in [6, 6.07) is 0. The van der Waals surface area contributed by atoms with E-state index in [1.165, 1.54) is 25.7 Å². The van der Waals surface area contributed by atoms with E-state index in [0.29, 0.717) is 39.5 Å². The van der Waals surface area contributed by atoms with E-state index in [-0.39, 0.29) is 6.10 Å². The maximum Gasteiger partial charge on any atom is 0.529 e. The Bertz CT molecular complexity index is 547. The molecule has 0 rings (SSSR count). The highest BCUT2D eigenvalue weighted by Crippen LogP contribution is 2.27. The summed E-state index contributed by atoms with van der Waals surface area (Å²) < 4.78 is 38.2. The predicted octanol–water partition coefficient (Wildman–Crippen LogP) is 10.1. The average molecular weight is 601 g/mol. The molecule has 244 valence electrons. The smallest absolute Gasteiger partial charge is 0.370 e. The zero-order valence-corrected chi connectivity index (χ0v) is 28.9. The van der Waals surface area contributed by atoms with Crippen LogP contribution in [0, 0.1) is 0 Å². The SMILES string of the molecule is C=CC(CCCCC(OCCCC)(OCCCC)OCCCC)O[Si](C=C)(OCCCCCC)OCCCCCC. The minimum atomic E-state index is -3.02. The van der Waals surface area contributed by atoms with Crippen molar-refractivity contribution in [3.8, 4) is 0 Å². The molecule has 0 aliphatic heterocycles. The molecule has 0 amide bonds. The van der Waals surface area contributed by atoms with Crippen LogP contribution in [0.15, 0.2) is 24.9 Å². The molecule has 0 saturated carbocycles. The van der Waals surface area contributed by atoms with Crippen LogP contribution in [0.1, 0.15) is 150 Å². The minimum absolute atomic E-state index is 0.164. The van der Waals surface area contributed by atoms with Gasteiger partial charge in [-0.1, -0.05) is 111 Å². The molecule has 0 fully saturated rings. The van der Waals surface area contributed by atoms with Crippen LogP contribution in [0.3, 0.4) is 0 Å². The summed E-state index contributed by atoms with van der Waals surface area (Å²) in [4.78, 5) is 0. The number of unbranched alkanes of at least 4 members (excludes halogenated alkanes) is 10. The molecule has 0 aromatic rings. The van der Waals surface area contributed by atoms with Gasteiger partial charge in [0.25, 0.3) is 5.97 Å². The molecule has 6 nitrogen and oxygen atoms in total. The first kappa shape index (κ1) is 40.5. The van der Waals surface area contributed by atoms with E-state index < -0.39 is 14.8 Å². The van der Waals surface area contributed by atoms with E-state index in [9.17, 15) is 0 Å². The first-order valence-corrected chi connectivity index (χ1v) is 18.9. The molecule has 0 radical (unpaired) electrons. The van der Waals surface area contributed by atoms with Gasteiger partial charge in [0.1, 0.15) is 0 Å². The monoisotopic (exact) mass is 600 g/mol. The van der Waals surface area contributed by atoms with Crippen molar-refractivity contribution in [3.05, 3.63) is 24.9 Å². The second-order valence-corrected chi connectivity index (χ2v) is 13.5. The topological polar surface area (TPSA) is 55.4 Å². The van der Waals surface area contributed by atoms with Gasteiger partial charge in [-0.15, -0.1) is 6.58 Å². The molecular formula is C34H68O6Si. The first-order chi connectivity index (χ1) is 20.0. The van der Waals surface area contributed by atoms with Crippen LogP contribution >= 0.6 is 0 Å². The predicted molar refractivity (Wildman–Crippen MR) is 175 cm³/mol. The van der Waals surface area contributed by atoms with Crippen molar-refractivity contribution in [3.63, 3.8) is 0 Å². The third kappa shape index (κ3) is 20.9. The molecule has 0 N–H and O–H groups in total. The van der Waals surface area contributed by atoms with Gasteiger partial charge in [0.15, 0.2) is 0 Å². The quantitative estimate of drug-likeness (QED) is 0.0323. The van der Waals surface area contributed by atoms with Gasteiger partial charge >= 0.3 is 8.80 Å². The van der Waals surface area contributed by atoms with Gasteiger partial charge in [-0.3, -0.25) is 0 Å². The minimum Gasteiger partial charge on any atom is -0.370 e. The van der Waals surface area contributed by atoms with Gasteiger partial charge in [-0.2, -0.15) is 0 Å². The van der Waals surface area contributed by atoms with Gasteiger partial charge < -0.3 is 27.5 Å². The molecule has 1 unspecified atom stereocenters. The average Bonchev–Trinajstić information content (AvgIpc) is 2.98. The molecule has 0 bridgehead atoms. The molecule has 0 saturated heterocycles. The summed E-state index contributed by atoms with van der Waals surface area (Å²) in [6.45, 7) is 22.3. The molecule has 0 spiro atoms. The van der Waals surface area contributed by atoms with Crippen LogP contribution in [0.5, 0.6) is 0 Å². The Morgan fingerprint density at radius 3 is 1.41 bits per heavy atom. The van der Waals surface area contributed by atoms with E-state index in [1.54, 1.807) is 5.70 Å². The van der Waals surface area contributed by atoms with E-state index in [0.717, 1.165) is 83.5 Å². The van der Waals surface area contributed by atoms with Crippen molar-refractivity contribution in [1.29, 1.82) is 0 Å². The zero-order chi connectivity index (χ0) is 30.5. The summed E-state index contributed by atoms with van der Waals surface area (Å²) >= 11 is 0. The fourth-order valence-electron chi connectivity index (χ4n) is 4.34. The lowest BCUT2D eigenvalue weighted by Gasteiger charge is -2.34. The van der Waals surface area contributed by atoms with Crippen LogP contribution in [0.25, 0.3) is 0 Å². The Labute approximate surface area is 256 Å². The van der Waals surface area contributed by atoms with Crippen molar-refractivity contribution in [2.75, 3.05) is 33.0 Å². The van der Waals surface area contributed by atoms with Crippen molar-refractivity contribution in [2.45, 2.75) is 162 Å². The lowest BCUT2D eigenvalue weighted by atomic mass is 10.1. The molecule has 0 aliphatic carbocycles. The van der Waals surface area contributed by atoms with E-state index in [4.69, 9.17) is 27.5 Å². The fraction of sp³-hybridized carbons (Fsp3) is 0.882. The van der Waals surface area contributed by atoms with Crippen LogP contribution in [-0.2, 0) is 27.5 Å². The summed E-state index contributed by atoms with van der Waals surface area (Å²) in [5, 5.41) is 0.